The molecule has 0 aliphatic heterocycles. The third-order valence-corrected chi connectivity index (χ3v) is 3.49. The van der Waals surface area contributed by atoms with Crippen LogP contribution in [0, 0.1) is 0 Å². The van der Waals surface area contributed by atoms with Gasteiger partial charge in [0.2, 0.25) is 0 Å². The van der Waals surface area contributed by atoms with Gasteiger partial charge in [0, 0.05) is 17.9 Å². The predicted octanol–water partition coefficient (Wildman–Crippen LogP) is 5.54. The minimum atomic E-state index is -4.44. The lowest BCUT2D eigenvalue weighted by atomic mass is 10.2. The predicted molar refractivity (Wildman–Crippen MR) is 89.2 cm³/mol. The van der Waals surface area contributed by atoms with Crippen LogP contribution in [0.2, 0.25) is 0 Å². The molecule has 0 aliphatic carbocycles. The number of hydrogen-bond acceptors (Lipinski definition) is 1. The fourth-order valence-electron chi connectivity index (χ4n) is 2.24. The number of unbranched alkanes of at least 4 members (excludes halogenated alkanes) is 1. The van der Waals surface area contributed by atoms with Crippen molar-refractivity contribution in [3.63, 3.8) is 0 Å². The van der Waals surface area contributed by atoms with Gasteiger partial charge in [0.1, 0.15) is 0 Å². The maximum absolute atomic E-state index is 12.8. The van der Waals surface area contributed by atoms with Crippen LogP contribution < -0.4 is 10.2 Å². The molecule has 0 fully saturated rings. The summed E-state index contributed by atoms with van der Waals surface area (Å²) in [7, 11) is 0. The standard InChI is InChI=1S/C18H19F3N2O/c1-2-3-12-23(16-10-5-4-6-11-16)17(24)22-15-9-7-8-14(13-15)18(19,20)21/h4-11,13H,2-3,12H2,1H3,(H,22,24). The van der Waals surface area contributed by atoms with E-state index < -0.39 is 17.8 Å². The second-order valence-electron chi connectivity index (χ2n) is 5.35. The van der Waals surface area contributed by atoms with E-state index in [4.69, 9.17) is 0 Å². The average Bonchev–Trinajstić information content (AvgIpc) is 2.55. The average molecular weight is 336 g/mol. The van der Waals surface area contributed by atoms with Gasteiger partial charge in [-0.25, -0.2) is 4.79 Å². The summed E-state index contributed by atoms with van der Waals surface area (Å²) in [6.45, 7) is 2.50. The number of benzene rings is 2. The highest BCUT2D eigenvalue weighted by molar-refractivity contribution is 6.01. The molecule has 0 aromatic heterocycles. The Morgan fingerprint density at radius 2 is 1.79 bits per heavy atom. The molecule has 2 amide bonds. The molecular weight excluding hydrogens is 317 g/mol. The molecule has 24 heavy (non-hydrogen) atoms. The molecular formula is C18H19F3N2O. The Labute approximate surface area is 139 Å². The Kier molecular flexibility index (Phi) is 5.84. The number of urea groups is 1. The van der Waals surface area contributed by atoms with Crippen LogP contribution in [0.5, 0.6) is 0 Å². The smallest absolute Gasteiger partial charge is 0.308 e. The van der Waals surface area contributed by atoms with Gasteiger partial charge in [-0.2, -0.15) is 13.2 Å². The van der Waals surface area contributed by atoms with Crippen molar-refractivity contribution in [2.24, 2.45) is 0 Å². The molecule has 0 bridgehead atoms. The molecule has 128 valence electrons. The van der Waals surface area contributed by atoms with Crippen molar-refractivity contribution in [1.82, 2.24) is 0 Å². The third-order valence-electron chi connectivity index (χ3n) is 3.49. The minimum Gasteiger partial charge on any atom is -0.308 e. The summed E-state index contributed by atoms with van der Waals surface area (Å²) >= 11 is 0. The molecule has 0 heterocycles. The first-order valence-corrected chi connectivity index (χ1v) is 7.72. The van der Waals surface area contributed by atoms with E-state index in [-0.39, 0.29) is 5.69 Å². The number of amides is 2. The number of hydrogen-bond donors (Lipinski definition) is 1. The van der Waals surface area contributed by atoms with Crippen LogP contribution >= 0.6 is 0 Å². The van der Waals surface area contributed by atoms with Crippen LogP contribution in [0.1, 0.15) is 25.3 Å². The number of rotatable bonds is 5. The Bertz CT molecular complexity index is 671. The second-order valence-corrected chi connectivity index (χ2v) is 5.35. The molecule has 2 aromatic rings. The van der Waals surface area contributed by atoms with Crippen molar-refractivity contribution in [2.75, 3.05) is 16.8 Å². The largest absolute Gasteiger partial charge is 0.416 e. The maximum Gasteiger partial charge on any atom is 0.416 e. The summed E-state index contributed by atoms with van der Waals surface area (Å²) in [4.78, 5) is 14.0. The first-order valence-electron chi connectivity index (χ1n) is 7.72. The van der Waals surface area contributed by atoms with Gasteiger partial charge in [0.05, 0.1) is 5.56 Å². The van der Waals surface area contributed by atoms with Crippen LogP contribution in [0.4, 0.5) is 29.3 Å². The molecule has 1 N–H and O–H groups in total. The van der Waals surface area contributed by atoms with Crippen molar-refractivity contribution in [3.05, 3.63) is 60.2 Å². The fourth-order valence-corrected chi connectivity index (χ4v) is 2.24. The summed E-state index contributed by atoms with van der Waals surface area (Å²) in [5.41, 5.74) is 0.0304. The van der Waals surface area contributed by atoms with Crippen LogP contribution in [0.15, 0.2) is 54.6 Å². The van der Waals surface area contributed by atoms with E-state index in [0.717, 1.165) is 25.0 Å². The zero-order valence-corrected chi connectivity index (χ0v) is 13.3. The SMILES string of the molecule is CCCCN(C(=O)Nc1cccc(C(F)(F)F)c1)c1ccccc1. The molecule has 0 saturated heterocycles. The number of nitrogens with one attached hydrogen (secondary N) is 1. The molecule has 0 aliphatic rings. The van der Waals surface area contributed by atoms with E-state index in [1.165, 1.54) is 17.0 Å². The highest BCUT2D eigenvalue weighted by atomic mass is 19.4. The number of para-hydroxylation sites is 1. The lowest BCUT2D eigenvalue weighted by molar-refractivity contribution is -0.137. The molecule has 0 atom stereocenters. The van der Waals surface area contributed by atoms with E-state index >= 15 is 0 Å². The lowest BCUT2D eigenvalue weighted by Crippen LogP contribution is -2.35. The zero-order chi connectivity index (χ0) is 17.6. The minimum absolute atomic E-state index is 0.118. The molecule has 3 nitrogen and oxygen atoms in total. The summed E-state index contributed by atoms with van der Waals surface area (Å²) < 4.78 is 38.3. The van der Waals surface area contributed by atoms with Gasteiger partial charge in [0.15, 0.2) is 0 Å². The molecule has 0 unspecified atom stereocenters. The number of carbonyl (C=O) groups is 1. The van der Waals surface area contributed by atoms with Gasteiger partial charge >= 0.3 is 12.2 Å². The second kappa shape index (κ2) is 7.86. The topological polar surface area (TPSA) is 32.3 Å². The number of anilines is 2. The van der Waals surface area contributed by atoms with Gasteiger partial charge < -0.3 is 5.32 Å². The zero-order valence-electron chi connectivity index (χ0n) is 13.3. The lowest BCUT2D eigenvalue weighted by Gasteiger charge is -2.23. The number of alkyl halides is 3. The third kappa shape index (κ3) is 4.75. The van der Waals surface area contributed by atoms with E-state index in [1.54, 1.807) is 12.1 Å². The highest BCUT2D eigenvalue weighted by Gasteiger charge is 2.30. The summed E-state index contributed by atoms with van der Waals surface area (Å²) in [6.07, 6.45) is -2.74. The van der Waals surface area contributed by atoms with Crippen molar-refractivity contribution >= 4 is 17.4 Å². The number of carbonyl (C=O) groups excluding carboxylic acids is 1. The quantitative estimate of drug-likeness (QED) is 0.763. The Morgan fingerprint density at radius 3 is 2.42 bits per heavy atom. The summed E-state index contributed by atoms with van der Waals surface area (Å²) in [6, 6.07) is 13.2. The maximum atomic E-state index is 12.8. The molecule has 0 radical (unpaired) electrons. The van der Waals surface area contributed by atoms with E-state index in [1.807, 2.05) is 25.1 Å². The van der Waals surface area contributed by atoms with Gasteiger partial charge in [0.25, 0.3) is 0 Å². The molecule has 2 rings (SSSR count). The van der Waals surface area contributed by atoms with Crippen molar-refractivity contribution in [1.29, 1.82) is 0 Å². The summed E-state index contributed by atoms with van der Waals surface area (Å²) in [5, 5.41) is 2.55. The normalized spacial score (nSPS) is 11.2. The fraction of sp³-hybridized carbons (Fsp3) is 0.278. The van der Waals surface area contributed by atoms with E-state index in [9.17, 15) is 18.0 Å². The van der Waals surface area contributed by atoms with Gasteiger partial charge in [-0.1, -0.05) is 37.6 Å². The Balaban J connectivity index is 2.19. The highest BCUT2D eigenvalue weighted by Crippen LogP contribution is 2.30. The van der Waals surface area contributed by atoms with Crippen molar-refractivity contribution in [3.8, 4) is 0 Å². The molecule has 6 heteroatoms. The summed E-state index contributed by atoms with van der Waals surface area (Å²) in [5.74, 6) is 0. The van der Waals surface area contributed by atoms with E-state index in [2.05, 4.69) is 5.32 Å². The van der Waals surface area contributed by atoms with Crippen LogP contribution in [0.25, 0.3) is 0 Å². The Morgan fingerprint density at radius 1 is 1.08 bits per heavy atom. The monoisotopic (exact) mass is 336 g/mol. The first-order chi connectivity index (χ1) is 11.4. The number of nitrogens with zero attached hydrogens (tertiary/aromatic N) is 1. The van der Waals surface area contributed by atoms with Crippen molar-refractivity contribution in [2.45, 2.75) is 25.9 Å². The van der Waals surface area contributed by atoms with Gasteiger partial charge in [-0.3, -0.25) is 4.90 Å². The van der Waals surface area contributed by atoms with Gasteiger partial charge in [-0.05, 0) is 36.8 Å². The van der Waals surface area contributed by atoms with Crippen LogP contribution in [0.3, 0.4) is 0 Å². The van der Waals surface area contributed by atoms with E-state index in [0.29, 0.717) is 12.2 Å². The van der Waals surface area contributed by atoms with Crippen molar-refractivity contribution < 1.29 is 18.0 Å². The molecule has 0 saturated carbocycles. The van der Waals surface area contributed by atoms with Crippen LogP contribution in [-0.4, -0.2) is 12.6 Å². The molecule has 2 aromatic carbocycles. The van der Waals surface area contributed by atoms with Gasteiger partial charge in [-0.15, -0.1) is 0 Å². The number of halogens is 3. The molecule has 0 spiro atoms. The Hall–Kier alpha value is -2.50. The first kappa shape index (κ1) is 17.8. The van der Waals surface area contributed by atoms with Crippen LogP contribution in [-0.2, 0) is 6.18 Å².